The number of aromatic nitrogens is 1. The van der Waals surface area contributed by atoms with Gasteiger partial charge in [-0.1, -0.05) is 11.6 Å². The van der Waals surface area contributed by atoms with Crippen LogP contribution in [0.15, 0.2) is 6.07 Å². The Morgan fingerprint density at radius 3 is 2.89 bits per heavy atom. The molecule has 4 heteroatoms. The molecule has 47 valence electrons. The number of pyridine rings is 1. The van der Waals surface area contributed by atoms with Gasteiger partial charge in [0.05, 0.1) is 5.02 Å². The molecule has 2 nitrogen and oxygen atoms in total. The maximum atomic E-state index is 12.3. The van der Waals surface area contributed by atoms with Crippen LogP contribution in [-0.4, -0.2) is 4.98 Å². The quantitative estimate of drug-likeness (QED) is 0.597. The summed E-state index contributed by atoms with van der Waals surface area (Å²) in [6, 6.07) is 1.06. The van der Waals surface area contributed by atoms with Crippen LogP contribution in [0.25, 0.3) is 0 Å². The van der Waals surface area contributed by atoms with Crippen molar-refractivity contribution >= 4 is 17.4 Å². The van der Waals surface area contributed by atoms with Crippen LogP contribution in [0, 0.1) is 12.0 Å². The fourth-order valence-corrected chi connectivity index (χ4v) is 0.523. The van der Waals surface area contributed by atoms with E-state index in [1.807, 2.05) is 0 Å². The van der Waals surface area contributed by atoms with E-state index in [2.05, 4.69) is 11.2 Å². The van der Waals surface area contributed by atoms with Crippen LogP contribution in [0.1, 0.15) is 0 Å². The number of hydrogen-bond donors (Lipinski definition) is 1. The highest BCUT2D eigenvalue weighted by Crippen LogP contribution is 2.11. The van der Waals surface area contributed by atoms with Crippen molar-refractivity contribution in [3.05, 3.63) is 23.1 Å². The van der Waals surface area contributed by atoms with Gasteiger partial charge in [-0.05, 0) is 6.07 Å². The largest absolute Gasteiger partial charge is 0.381 e. The van der Waals surface area contributed by atoms with E-state index in [0.29, 0.717) is 0 Å². The van der Waals surface area contributed by atoms with Crippen LogP contribution < -0.4 is 5.73 Å². The van der Waals surface area contributed by atoms with E-state index in [9.17, 15) is 4.39 Å². The number of nitrogen functional groups attached to an aromatic ring is 1. The van der Waals surface area contributed by atoms with Crippen molar-refractivity contribution in [3.63, 3.8) is 0 Å². The SMILES string of the molecule is Nc1n[c]c(Cl)cc1F. The van der Waals surface area contributed by atoms with Gasteiger partial charge in [0.2, 0.25) is 0 Å². The van der Waals surface area contributed by atoms with Gasteiger partial charge < -0.3 is 5.73 Å². The first-order valence-corrected chi connectivity index (χ1v) is 2.57. The molecule has 0 saturated carbocycles. The molecule has 0 aliphatic heterocycles. The molecule has 0 saturated heterocycles. The summed E-state index contributed by atoms with van der Waals surface area (Å²) < 4.78 is 12.3. The fourth-order valence-electron chi connectivity index (χ4n) is 0.385. The van der Waals surface area contributed by atoms with Gasteiger partial charge in [-0.15, -0.1) is 0 Å². The summed E-state index contributed by atoms with van der Waals surface area (Å²) in [5, 5.41) is 0.127. The maximum absolute atomic E-state index is 12.3. The molecule has 2 N–H and O–H groups in total. The average molecular weight is 146 g/mol. The predicted octanol–water partition coefficient (Wildman–Crippen LogP) is 1.26. The summed E-state index contributed by atoms with van der Waals surface area (Å²) in [6.45, 7) is 0. The summed E-state index contributed by atoms with van der Waals surface area (Å²) in [5.41, 5.74) is 5.01. The molecule has 0 atom stereocenters. The van der Waals surface area contributed by atoms with Gasteiger partial charge in [0.25, 0.3) is 0 Å². The lowest BCUT2D eigenvalue weighted by Crippen LogP contribution is -1.93. The minimum absolute atomic E-state index is 0.127. The van der Waals surface area contributed by atoms with Crippen molar-refractivity contribution in [1.82, 2.24) is 4.98 Å². The van der Waals surface area contributed by atoms with Gasteiger partial charge in [-0.2, -0.15) is 0 Å². The minimum atomic E-state index is -0.612. The standard InChI is InChI=1S/C5H3ClFN2/c6-3-1-4(7)5(8)9-2-3/h1H,(H2,8,9). The highest BCUT2D eigenvalue weighted by Gasteiger charge is 1.97. The van der Waals surface area contributed by atoms with Crippen LogP contribution in [0.2, 0.25) is 5.02 Å². The topological polar surface area (TPSA) is 38.9 Å². The first-order chi connectivity index (χ1) is 4.20. The lowest BCUT2D eigenvalue weighted by Gasteiger charge is -1.91. The van der Waals surface area contributed by atoms with Crippen molar-refractivity contribution < 1.29 is 4.39 Å². The molecule has 0 fully saturated rings. The van der Waals surface area contributed by atoms with E-state index in [1.54, 1.807) is 0 Å². The molecular formula is C5H3ClFN2. The van der Waals surface area contributed by atoms with E-state index in [1.165, 1.54) is 0 Å². The number of anilines is 1. The number of halogens is 2. The first kappa shape index (κ1) is 6.29. The molecule has 0 aliphatic rings. The fraction of sp³-hybridized carbons (Fsp3) is 0. The second-order valence-electron chi connectivity index (χ2n) is 1.45. The van der Waals surface area contributed by atoms with Crippen molar-refractivity contribution in [2.24, 2.45) is 0 Å². The Kier molecular flexibility index (Phi) is 1.53. The predicted molar refractivity (Wildman–Crippen MR) is 32.5 cm³/mol. The van der Waals surface area contributed by atoms with Crippen LogP contribution >= 0.6 is 11.6 Å². The van der Waals surface area contributed by atoms with Gasteiger partial charge in [0.1, 0.15) is 6.20 Å². The van der Waals surface area contributed by atoms with Gasteiger partial charge >= 0.3 is 0 Å². The molecular weight excluding hydrogens is 143 g/mol. The molecule has 1 aromatic rings. The van der Waals surface area contributed by atoms with Gasteiger partial charge in [0, 0.05) is 0 Å². The molecule has 1 heterocycles. The summed E-state index contributed by atoms with van der Waals surface area (Å²) in [6.07, 6.45) is 2.29. The lowest BCUT2D eigenvalue weighted by atomic mass is 10.4. The van der Waals surface area contributed by atoms with Crippen molar-refractivity contribution in [3.8, 4) is 0 Å². The van der Waals surface area contributed by atoms with E-state index >= 15 is 0 Å². The van der Waals surface area contributed by atoms with Gasteiger partial charge in [-0.3, -0.25) is 0 Å². The van der Waals surface area contributed by atoms with Crippen molar-refractivity contribution in [2.75, 3.05) is 5.73 Å². The van der Waals surface area contributed by atoms with Gasteiger partial charge in [0.15, 0.2) is 11.6 Å². The number of hydrogen-bond acceptors (Lipinski definition) is 2. The Labute approximate surface area is 56.5 Å². The van der Waals surface area contributed by atoms with E-state index in [-0.39, 0.29) is 10.8 Å². The lowest BCUT2D eigenvalue weighted by molar-refractivity contribution is 0.627. The summed E-state index contributed by atoms with van der Waals surface area (Å²) in [5.74, 6) is -0.793. The molecule has 0 unspecified atom stereocenters. The smallest absolute Gasteiger partial charge is 0.166 e. The van der Waals surface area contributed by atoms with E-state index in [0.717, 1.165) is 6.07 Å². The zero-order valence-electron chi connectivity index (χ0n) is 4.36. The summed E-state index contributed by atoms with van der Waals surface area (Å²) >= 11 is 5.30. The van der Waals surface area contributed by atoms with Crippen LogP contribution in [-0.2, 0) is 0 Å². The maximum Gasteiger partial charge on any atom is 0.166 e. The average Bonchev–Trinajstić information content (AvgIpc) is 1.80. The van der Waals surface area contributed by atoms with Crippen LogP contribution in [0.5, 0.6) is 0 Å². The highest BCUT2D eigenvalue weighted by atomic mass is 35.5. The second kappa shape index (κ2) is 2.19. The zero-order chi connectivity index (χ0) is 6.85. The monoisotopic (exact) mass is 145 g/mol. The Hall–Kier alpha value is -0.830. The third-order valence-electron chi connectivity index (χ3n) is 0.781. The Morgan fingerprint density at radius 1 is 1.78 bits per heavy atom. The molecule has 0 aliphatic carbocycles. The number of rotatable bonds is 0. The Bertz CT molecular complexity index is 226. The molecule has 1 rings (SSSR count). The first-order valence-electron chi connectivity index (χ1n) is 2.19. The number of nitrogens with two attached hydrogens (primary N) is 1. The van der Waals surface area contributed by atoms with Crippen molar-refractivity contribution in [2.45, 2.75) is 0 Å². The molecule has 0 spiro atoms. The molecule has 0 amide bonds. The third kappa shape index (κ3) is 1.29. The molecule has 1 aromatic heterocycles. The third-order valence-corrected chi connectivity index (χ3v) is 0.975. The van der Waals surface area contributed by atoms with Crippen LogP contribution in [0.3, 0.4) is 0 Å². The number of nitrogens with zero attached hydrogens (tertiary/aromatic N) is 1. The Morgan fingerprint density at radius 2 is 2.44 bits per heavy atom. The summed E-state index contributed by atoms with van der Waals surface area (Å²) in [4.78, 5) is 3.32. The second-order valence-corrected chi connectivity index (χ2v) is 1.86. The van der Waals surface area contributed by atoms with Gasteiger partial charge in [-0.25, -0.2) is 9.37 Å². The van der Waals surface area contributed by atoms with Crippen molar-refractivity contribution in [1.29, 1.82) is 0 Å². The highest BCUT2D eigenvalue weighted by molar-refractivity contribution is 6.30. The normalized spacial score (nSPS) is 9.56. The van der Waals surface area contributed by atoms with Crippen LogP contribution in [0.4, 0.5) is 10.2 Å². The molecule has 1 radical (unpaired) electrons. The zero-order valence-corrected chi connectivity index (χ0v) is 5.11. The minimum Gasteiger partial charge on any atom is -0.381 e. The molecule has 9 heavy (non-hydrogen) atoms. The molecule has 0 bridgehead atoms. The summed E-state index contributed by atoms with van der Waals surface area (Å²) in [7, 11) is 0. The Balaban J connectivity index is 3.17. The van der Waals surface area contributed by atoms with E-state index in [4.69, 9.17) is 17.3 Å². The molecule has 0 aromatic carbocycles. The van der Waals surface area contributed by atoms with E-state index < -0.39 is 5.82 Å².